The van der Waals surface area contributed by atoms with Crippen LogP contribution in [0.25, 0.3) is 0 Å². The number of carbonyl (C=O) groups is 2. The van der Waals surface area contributed by atoms with Gasteiger partial charge in [-0.3, -0.25) is 14.4 Å². The van der Waals surface area contributed by atoms with Crippen LogP contribution in [-0.2, 0) is 11.8 Å². The quantitative estimate of drug-likeness (QED) is 0.675. The SMILES string of the molecule is Cc1nn(C)c(C(=O)N2CCN(CC(C=O)c3ccc(F)cc3)CC2)c1Br. The van der Waals surface area contributed by atoms with E-state index in [1.807, 2.05) is 11.8 Å². The fourth-order valence-corrected chi connectivity index (χ4v) is 3.87. The van der Waals surface area contributed by atoms with Gasteiger partial charge in [-0.05, 0) is 40.5 Å². The molecule has 3 rings (SSSR count). The standard InChI is InChI=1S/C19H22BrFN4O2/c1-13-17(20)18(23(2)22-13)19(27)25-9-7-24(8-10-25)11-15(12-26)14-3-5-16(21)6-4-14/h3-6,12,15H,7-11H2,1-2H3. The maximum absolute atomic E-state index is 13.1. The molecule has 0 bridgehead atoms. The minimum Gasteiger partial charge on any atom is -0.335 e. The molecule has 1 aliphatic rings. The molecule has 1 fully saturated rings. The van der Waals surface area contributed by atoms with Crippen LogP contribution in [0.2, 0.25) is 0 Å². The molecule has 0 radical (unpaired) electrons. The summed E-state index contributed by atoms with van der Waals surface area (Å²) in [5, 5.41) is 4.28. The Morgan fingerprint density at radius 3 is 2.41 bits per heavy atom. The highest BCUT2D eigenvalue weighted by atomic mass is 79.9. The molecule has 1 unspecified atom stereocenters. The highest BCUT2D eigenvalue weighted by Crippen LogP contribution is 2.23. The fourth-order valence-electron chi connectivity index (χ4n) is 3.36. The Kier molecular flexibility index (Phi) is 6.06. The van der Waals surface area contributed by atoms with E-state index in [2.05, 4.69) is 25.9 Å². The number of amides is 1. The van der Waals surface area contributed by atoms with E-state index in [1.54, 1.807) is 23.9 Å². The highest BCUT2D eigenvalue weighted by Gasteiger charge is 2.28. The van der Waals surface area contributed by atoms with Gasteiger partial charge in [0.05, 0.1) is 16.1 Å². The Hall–Kier alpha value is -2.06. The van der Waals surface area contributed by atoms with Gasteiger partial charge < -0.3 is 9.69 Å². The molecular formula is C19H22BrFN4O2. The van der Waals surface area contributed by atoms with E-state index >= 15 is 0 Å². The van der Waals surface area contributed by atoms with Crippen molar-refractivity contribution in [2.24, 2.45) is 7.05 Å². The first-order chi connectivity index (χ1) is 12.9. The van der Waals surface area contributed by atoms with E-state index in [9.17, 15) is 14.0 Å². The summed E-state index contributed by atoms with van der Waals surface area (Å²) in [6, 6.07) is 6.04. The zero-order valence-electron chi connectivity index (χ0n) is 15.4. The Labute approximate surface area is 166 Å². The summed E-state index contributed by atoms with van der Waals surface area (Å²) >= 11 is 3.45. The minimum atomic E-state index is -0.313. The number of aldehydes is 1. The molecule has 8 heteroatoms. The van der Waals surface area contributed by atoms with E-state index < -0.39 is 0 Å². The molecule has 1 aliphatic heterocycles. The number of carbonyl (C=O) groups excluding carboxylic acids is 2. The summed E-state index contributed by atoms with van der Waals surface area (Å²) in [4.78, 5) is 28.3. The predicted octanol–water partition coefficient (Wildman–Crippen LogP) is 2.37. The van der Waals surface area contributed by atoms with Crippen LogP contribution in [0.3, 0.4) is 0 Å². The predicted molar refractivity (Wildman–Crippen MR) is 103 cm³/mol. The minimum absolute atomic E-state index is 0.0462. The molecule has 0 spiro atoms. The smallest absolute Gasteiger partial charge is 0.273 e. The van der Waals surface area contributed by atoms with Crippen molar-refractivity contribution in [3.8, 4) is 0 Å². The summed E-state index contributed by atoms with van der Waals surface area (Å²) in [6.07, 6.45) is 0.903. The molecule has 1 saturated heterocycles. The monoisotopic (exact) mass is 436 g/mol. The van der Waals surface area contributed by atoms with Crippen LogP contribution in [0, 0.1) is 12.7 Å². The summed E-state index contributed by atoms with van der Waals surface area (Å²) in [5.74, 6) is -0.663. The second kappa shape index (κ2) is 8.31. The number of piperazine rings is 1. The molecule has 2 aromatic rings. The number of hydrogen-bond donors (Lipinski definition) is 0. The number of halogens is 2. The van der Waals surface area contributed by atoms with Gasteiger partial charge in [-0.25, -0.2) is 4.39 Å². The molecule has 27 heavy (non-hydrogen) atoms. The number of nitrogens with zero attached hydrogens (tertiary/aromatic N) is 4. The molecule has 0 saturated carbocycles. The lowest BCUT2D eigenvalue weighted by molar-refractivity contribution is -0.109. The third kappa shape index (κ3) is 4.27. The molecule has 0 aliphatic carbocycles. The molecule has 1 amide bonds. The van der Waals surface area contributed by atoms with Crippen molar-refractivity contribution < 1.29 is 14.0 Å². The van der Waals surface area contributed by atoms with Crippen molar-refractivity contribution in [2.75, 3.05) is 32.7 Å². The van der Waals surface area contributed by atoms with Gasteiger partial charge in [0.2, 0.25) is 0 Å². The first kappa shape index (κ1) is 19.7. The molecular weight excluding hydrogens is 415 g/mol. The van der Waals surface area contributed by atoms with Crippen molar-refractivity contribution >= 4 is 28.1 Å². The molecule has 1 aromatic carbocycles. The summed E-state index contributed by atoms with van der Waals surface area (Å²) in [6.45, 7) is 4.96. The molecule has 1 aromatic heterocycles. The van der Waals surface area contributed by atoms with Crippen molar-refractivity contribution in [2.45, 2.75) is 12.8 Å². The van der Waals surface area contributed by atoms with E-state index in [-0.39, 0.29) is 17.6 Å². The molecule has 0 N–H and O–H groups in total. The van der Waals surface area contributed by atoms with Crippen molar-refractivity contribution in [3.05, 3.63) is 51.5 Å². The van der Waals surface area contributed by atoms with E-state index in [0.717, 1.165) is 22.0 Å². The van der Waals surface area contributed by atoms with Gasteiger partial charge in [0.25, 0.3) is 5.91 Å². The van der Waals surface area contributed by atoms with E-state index in [4.69, 9.17) is 0 Å². The van der Waals surface area contributed by atoms with Crippen LogP contribution in [-0.4, -0.2) is 64.5 Å². The van der Waals surface area contributed by atoms with Crippen molar-refractivity contribution in [1.29, 1.82) is 0 Å². The van der Waals surface area contributed by atoms with Crippen molar-refractivity contribution in [1.82, 2.24) is 19.6 Å². The fraction of sp³-hybridized carbons (Fsp3) is 0.421. The van der Waals surface area contributed by atoms with Gasteiger partial charge in [-0.1, -0.05) is 12.1 Å². The summed E-state index contributed by atoms with van der Waals surface area (Å²) in [5.41, 5.74) is 2.14. The van der Waals surface area contributed by atoms with Gasteiger partial charge in [0.15, 0.2) is 0 Å². The van der Waals surface area contributed by atoms with Crippen LogP contribution >= 0.6 is 15.9 Å². The third-order valence-corrected chi connectivity index (χ3v) is 5.88. The van der Waals surface area contributed by atoms with E-state index in [0.29, 0.717) is 38.4 Å². The third-order valence-electron chi connectivity index (χ3n) is 4.93. The Morgan fingerprint density at radius 2 is 1.89 bits per heavy atom. The number of aryl methyl sites for hydroxylation is 2. The number of aromatic nitrogens is 2. The van der Waals surface area contributed by atoms with Gasteiger partial charge in [0, 0.05) is 39.8 Å². The van der Waals surface area contributed by atoms with Crippen LogP contribution < -0.4 is 0 Å². The molecule has 6 nitrogen and oxygen atoms in total. The average molecular weight is 437 g/mol. The summed E-state index contributed by atoms with van der Waals surface area (Å²) in [7, 11) is 1.76. The summed E-state index contributed by atoms with van der Waals surface area (Å²) < 4.78 is 15.4. The first-order valence-electron chi connectivity index (χ1n) is 8.82. The van der Waals surface area contributed by atoms with Gasteiger partial charge in [-0.15, -0.1) is 0 Å². The second-order valence-electron chi connectivity index (χ2n) is 6.76. The maximum Gasteiger partial charge on any atom is 0.273 e. The average Bonchev–Trinajstić information content (AvgIpc) is 2.92. The van der Waals surface area contributed by atoms with Crippen LogP contribution in [0.15, 0.2) is 28.7 Å². The van der Waals surface area contributed by atoms with E-state index in [1.165, 1.54) is 12.1 Å². The van der Waals surface area contributed by atoms with Gasteiger partial charge in [0.1, 0.15) is 17.8 Å². The van der Waals surface area contributed by atoms with Crippen molar-refractivity contribution in [3.63, 3.8) is 0 Å². The maximum atomic E-state index is 13.1. The van der Waals surface area contributed by atoms with Gasteiger partial charge >= 0.3 is 0 Å². The highest BCUT2D eigenvalue weighted by molar-refractivity contribution is 9.10. The Bertz CT molecular complexity index is 829. The van der Waals surface area contributed by atoms with Crippen LogP contribution in [0.1, 0.15) is 27.7 Å². The zero-order valence-corrected chi connectivity index (χ0v) is 16.9. The second-order valence-corrected chi connectivity index (χ2v) is 7.55. The molecule has 144 valence electrons. The molecule has 2 heterocycles. The Morgan fingerprint density at radius 1 is 1.26 bits per heavy atom. The number of hydrogen-bond acceptors (Lipinski definition) is 4. The largest absolute Gasteiger partial charge is 0.335 e. The first-order valence-corrected chi connectivity index (χ1v) is 9.61. The van der Waals surface area contributed by atoms with Crippen LogP contribution in [0.4, 0.5) is 4.39 Å². The zero-order chi connectivity index (χ0) is 19.6. The normalized spacial score (nSPS) is 16.4. The Balaban J connectivity index is 1.60. The lowest BCUT2D eigenvalue weighted by atomic mass is 9.99. The molecule has 1 atom stereocenters. The van der Waals surface area contributed by atoms with Gasteiger partial charge in [-0.2, -0.15) is 5.10 Å². The topological polar surface area (TPSA) is 58.4 Å². The number of rotatable bonds is 5. The lowest BCUT2D eigenvalue weighted by Crippen LogP contribution is -2.50. The van der Waals surface area contributed by atoms with Crippen LogP contribution in [0.5, 0.6) is 0 Å². The number of benzene rings is 1. The lowest BCUT2D eigenvalue weighted by Gasteiger charge is -2.35.